The largest absolute Gasteiger partial charge is 0.491 e. The number of aromatic carboxylic acids is 1. The number of carboxylic acids is 1. The third kappa shape index (κ3) is 5.12. The number of benzene rings is 3. The number of fused-ring (bicyclic) bond motifs is 1. The van der Waals surface area contributed by atoms with Gasteiger partial charge in [0, 0.05) is 11.1 Å². The summed E-state index contributed by atoms with van der Waals surface area (Å²) in [5.74, 6) is 1.80. The van der Waals surface area contributed by atoms with Crippen LogP contribution in [0.4, 0.5) is 0 Å². The second kappa shape index (κ2) is 9.28. The minimum Gasteiger partial charge on any atom is -0.491 e. The first-order valence-corrected chi connectivity index (χ1v) is 10.9. The van der Waals surface area contributed by atoms with Crippen LogP contribution < -0.4 is 14.2 Å². The predicted molar refractivity (Wildman–Crippen MR) is 128 cm³/mol. The number of carbonyl (C=O) groups is 1. The molecule has 0 unspecified atom stereocenters. The molecule has 0 aliphatic heterocycles. The maximum atomic E-state index is 12.0. The number of ether oxygens (including phenoxy) is 3. The molecule has 1 aromatic heterocycles. The average Bonchev–Trinajstić information content (AvgIpc) is 3.14. The summed E-state index contributed by atoms with van der Waals surface area (Å²) in [6, 6.07) is 22.0. The van der Waals surface area contributed by atoms with Crippen LogP contribution in [0.3, 0.4) is 0 Å². The Bertz CT molecular complexity index is 1250. The molecule has 0 saturated heterocycles. The molecule has 0 bridgehead atoms. The molecule has 0 saturated carbocycles. The number of aromatic nitrogens is 1. The Balaban J connectivity index is 1.64. The van der Waals surface area contributed by atoms with E-state index in [1.165, 1.54) is 0 Å². The first kappa shape index (κ1) is 22.3. The van der Waals surface area contributed by atoms with Crippen LogP contribution in [-0.2, 0) is 0 Å². The van der Waals surface area contributed by atoms with E-state index in [4.69, 9.17) is 14.2 Å². The van der Waals surface area contributed by atoms with Crippen molar-refractivity contribution in [1.82, 2.24) is 4.57 Å². The van der Waals surface area contributed by atoms with Crippen LogP contribution in [-0.4, -0.2) is 27.9 Å². The molecule has 33 heavy (non-hydrogen) atoms. The molecule has 0 spiro atoms. The zero-order valence-corrected chi connectivity index (χ0v) is 19.1. The van der Waals surface area contributed by atoms with Gasteiger partial charge in [0.25, 0.3) is 0 Å². The van der Waals surface area contributed by atoms with Gasteiger partial charge in [-0.05, 0) is 100 Å². The van der Waals surface area contributed by atoms with Gasteiger partial charge in [-0.2, -0.15) is 0 Å². The Morgan fingerprint density at radius 3 is 1.79 bits per heavy atom. The van der Waals surface area contributed by atoms with Crippen molar-refractivity contribution >= 4 is 16.9 Å². The Morgan fingerprint density at radius 1 is 0.727 bits per heavy atom. The quantitative estimate of drug-likeness (QED) is 0.327. The second-order valence-electron chi connectivity index (χ2n) is 8.29. The Kier molecular flexibility index (Phi) is 6.27. The molecular weight excluding hydrogens is 418 g/mol. The maximum absolute atomic E-state index is 12.0. The van der Waals surface area contributed by atoms with Gasteiger partial charge in [-0.15, -0.1) is 0 Å². The number of rotatable bonds is 8. The van der Waals surface area contributed by atoms with Crippen molar-refractivity contribution in [1.29, 1.82) is 0 Å². The molecule has 1 N–H and O–H groups in total. The van der Waals surface area contributed by atoms with Gasteiger partial charge in [-0.1, -0.05) is 0 Å². The molecule has 6 heteroatoms. The predicted octanol–water partition coefficient (Wildman–Crippen LogP) is 6.70. The van der Waals surface area contributed by atoms with Crippen molar-refractivity contribution in [3.8, 4) is 28.7 Å². The van der Waals surface area contributed by atoms with Crippen molar-refractivity contribution in [2.75, 3.05) is 0 Å². The molecule has 0 fully saturated rings. The summed E-state index contributed by atoms with van der Waals surface area (Å²) in [4.78, 5) is 12.0. The first-order chi connectivity index (χ1) is 15.8. The third-order valence-electron chi connectivity index (χ3n) is 4.89. The highest BCUT2D eigenvalue weighted by atomic mass is 16.5. The highest BCUT2D eigenvalue weighted by Crippen LogP contribution is 2.31. The zero-order valence-electron chi connectivity index (χ0n) is 19.1. The normalized spacial score (nSPS) is 11.2. The molecule has 4 aromatic rings. The van der Waals surface area contributed by atoms with E-state index in [0.717, 1.165) is 28.1 Å². The van der Waals surface area contributed by atoms with Crippen LogP contribution in [0.1, 0.15) is 38.2 Å². The third-order valence-corrected chi connectivity index (χ3v) is 4.89. The topological polar surface area (TPSA) is 69.9 Å². The van der Waals surface area contributed by atoms with Crippen LogP contribution in [0.5, 0.6) is 23.0 Å². The molecule has 170 valence electrons. The summed E-state index contributed by atoms with van der Waals surface area (Å²) >= 11 is 0. The van der Waals surface area contributed by atoms with Crippen molar-refractivity contribution in [3.63, 3.8) is 0 Å². The molecule has 6 nitrogen and oxygen atoms in total. The fourth-order valence-electron chi connectivity index (χ4n) is 3.63. The zero-order chi connectivity index (χ0) is 23.5. The van der Waals surface area contributed by atoms with Gasteiger partial charge in [0.15, 0.2) is 0 Å². The van der Waals surface area contributed by atoms with E-state index >= 15 is 0 Å². The van der Waals surface area contributed by atoms with E-state index in [1.54, 1.807) is 10.6 Å². The maximum Gasteiger partial charge on any atom is 0.352 e. The van der Waals surface area contributed by atoms with E-state index in [9.17, 15) is 9.90 Å². The summed E-state index contributed by atoms with van der Waals surface area (Å²) in [7, 11) is 0. The number of nitrogens with zero attached hydrogens (tertiary/aromatic N) is 1. The van der Waals surface area contributed by atoms with Crippen molar-refractivity contribution in [3.05, 3.63) is 78.5 Å². The molecule has 0 radical (unpaired) electrons. The number of carboxylic acid groups (broad SMARTS) is 1. The Morgan fingerprint density at radius 2 is 1.24 bits per heavy atom. The Hall–Kier alpha value is -3.93. The van der Waals surface area contributed by atoms with E-state index < -0.39 is 5.97 Å². The second-order valence-corrected chi connectivity index (χ2v) is 8.29. The lowest BCUT2D eigenvalue weighted by atomic mass is 10.2. The van der Waals surface area contributed by atoms with E-state index in [1.807, 2.05) is 94.4 Å². The van der Waals surface area contributed by atoms with Crippen LogP contribution >= 0.6 is 0 Å². The van der Waals surface area contributed by atoms with Gasteiger partial charge in [0.1, 0.15) is 28.7 Å². The van der Waals surface area contributed by atoms with E-state index in [2.05, 4.69) is 0 Å². The van der Waals surface area contributed by atoms with Gasteiger partial charge < -0.3 is 23.9 Å². The number of hydrogen-bond acceptors (Lipinski definition) is 4. The van der Waals surface area contributed by atoms with Crippen molar-refractivity contribution < 1.29 is 24.1 Å². The molecule has 0 atom stereocenters. The smallest absolute Gasteiger partial charge is 0.352 e. The standard InChI is InChI=1S/C27H27NO5/c1-17(2)31-21-7-5-20(6-8-21)28-25-14-13-24(15-19(25)16-26(28)27(29)30)33-23-11-9-22(10-12-23)32-18(3)4/h5-18H,1-4H3,(H,29,30). The van der Waals surface area contributed by atoms with Crippen molar-refractivity contribution in [2.45, 2.75) is 39.9 Å². The molecule has 0 aliphatic carbocycles. The first-order valence-electron chi connectivity index (χ1n) is 10.9. The SMILES string of the molecule is CC(C)Oc1ccc(Oc2ccc3c(c2)cc(C(=O)O)n3-c2ccc(OC(C)C)cc2)cc1. The minimum atomic E-state index is -1.00. The number of hydrogen-bond donors (Lipinski definition) is 1. The average molecular weight is 446 g/mol. The lowest BCUT2D eigenvalue weighted by Crippen LogP contribution is -2.07. The fourth-order valence-corrected chi connectivity index (χ4v) is 3.63. The monoisotopic (exact) mass is 445 g/mol. The Labute approximate surface area is 192 Å². The van der Waals surface area contributed by atoms with Crippen LogP contribution in [0, 0.1) is 0 Å². The molecular formula is C27H27NO5. The van der Waals surface area contributed by atoms with Gasteiger partial charge >= 0.3 is 5.97 Å². The van der Waals surface area contributed by atoms with Crippen molar-refractivity contribution in [2.24, 2.45) is 0 Å². The lowest BCUT2D eigenvalue weighted by Gasteiger charge is -2.13. The highest BCUT2D eigenvalue weighted by molar-refractivity contribution is 5.96. The summed E-state index contributed by atoms with van der Waals surface area (Å²) in [5.41, 5.74) is 1.70. The van der Waals surface area contributed by atoms with E-state index in [-0.39, 0.29) is 17.9 Å². The van der Waals surface area contributed by atoms with Crippen LogP contribution in [0.15, 0.2) is 72.8 Å². The molecule has 1 heterocycles. The van der Waals surface area contributed by atoms with Gasteiger partial charge in [0.05, 0.1) is 17.7 Å². The molecule has 0 amide bonds. The van der Waals surface area contributed by atoms with Gasteiger partial charge in [-0.25, -0.2) is 4.79 Å². The lowest BCUT2D eigenvalue weighted by molar-refractivity contribution is 0.0688. The van der Waals surface area contributed by atoms with E-state index in [0.29, 0.717) is 11.5 Å². The summed E-state index contributed by atoms with van der Waals surface area (Å²) in [6.07, 6.45) is 0.167. The summed E-state index contributed by atoms with van der Waals surface area (Å²) in [6.45, 7) is 7.88. The van der Waals surface area contributed by atoms with Gasteiger partial charge in [0.2, 0.25) is 0 Å². The highest BCUT2D eigenvalue weighted by Gasteiger charge is 2.17. The molecule has 4 rings (SSSR count). The van der Waals surface area contributed by atoms with Crippen LogP contribution in [0.2, 0.25) is 0 Å². The minimum absolute atomic E-state index is 0.0650. The summed E-state index contributed by atoms with van der Waals surface area (Å²) in [5, 5.41) is 10.6. The molecule has 3 aromatic carbocycles. The van der Waals surface area contributed by atoms with Gasteiger partial charge in [-0.3, -0.25) is 0 Å². The van der Waals surface area contributed by atoms with Crippen LogP contribution in [0.25, 0.3) is 16.6 Å². The molecule has 0 aliphatic rings. The summed E-state index contributed by atoms with van der Waals surface area (Å²) < 4.78 is 19.1. The fraction of sp³-hybridized carbons (Fsp3) is 0.222.